The van der Waals surface area contributed by atoms with E-state index in [1.807, 2.05) is 38.1 Å². The number of hydrogen-bond donors (Lipinski definition) is 1. The van der Waals surface area contributed by atoms with Gasteiger partial charge >= 0.3 is 0 Å². The summed E-state index contributed by atoms with van der Waals surface area (Å²) in [5.74, 6) is -0.318. The zero-order chi connectivity index (χ0) is 23.7. The molecule has 0 spiro atoms. The van der Waals surface area contributed by atoms with Crippen molar-refractivity contribution in [3.8, 4) is 5.69 Å². The first-order valence-corrected chi connectivity index (χ1v) is 12.0. The molecule has 0 atom stereocenters. The number of amides is 1. The van der Waals surface area contributed by atoms with Crippen LogP contribution in [0.25, 0.3) is 16.6 Å². The molecule has 0 saturated carbocycles. The van der Waals surface area contributed by atoms with Gasteiger partial charge in [0.25, 0.3) is 5.56 Å². The van der Waals surface area contributed by atoms with E-state index in [9.17, 15) is 9.59 Å². The van der Waals surface area contributed by atoms with E-state index in [0.29, 0.717) is 26.8 Å². The molecule has 0 unspecified atom stereocenters. The van der Waals surface area contributed by atoms with E-state index < -0.39 is 0 Å². The molecule has 0 saturated heterocycles. The molecule has 4 aromatic rings. The average molecular weight is 519 g/mol. The summed E-state index contributed by atoms with van der Waals surface area (Å²) in [4.78, 5) is 30.8. The monoisotopic (exact) mass is 517 g/mol. The largest absolute Gasteiger partial charge is 0.324 e. The van der Waals surface area contributed by atoms with Crippen molar-refractivity contribution in [2.24, 2.45) is 0 Å². The minimum atomic E-state index is -0.324. The van der Waals surface area contributed by atoms with Crippen LogP contribution in [-0.2, 0) is 4.79 Å². The maximum Gasteiger partial charge on any atom is 0.266 e. The van der Waals surface area contributed by atoms with Gasteiger partial charge in [-0.15, -0.1) is 0 Å². The fourth-order valence-electron chi connectivity index (χ4n) is 3.33. The second-order valence-electron chi connectivity index (χ2n) is 7.35. The molecule has 1 aromatic heterocycles. The summed E-state index contributed by atoms with van der Waals surface area (Å²) in [6.07, 6.45) is 0. The SMILES string of the molecule is Cc1cccc(-n2c(SCC(=O)Nc3cc(Cl)c(Cl)cc3Cl)nc3ccccc3c2=O)c1C. The second kappa shape index (κ2) is 9.77. The highest BCUT2D eigenvalue weighted by Crippen LogP contribution is 2.32. The number of halogens is 3. The number of carbonyl (C=O) groups excluding carboxylic acids is 1. The first-order chi connectivity index (χ1) is 15.8. The maximum atomic E-state index is 13.4. The van der Waals surface area contributed by atoms with Crippen LogP contribution in [0.15, 0.2) is 64.5 Å². The van der Waals surface area contributed by atoms with Gasteiger partial charge in [-0.25, -0.2) is 4.98 Å². The number of para-hydroxylation sites is 1. The lowest BCUT2D eigenvalue weighted by molar-refractivity contribution is -0.113. The van der Waals surface area contributed by atoms with Crippen LogP contribution in [0.4, 0.5) is 5.69 Å². The first-order valence-electron chi connectivity index (χ1n) is 9.92. The Kier molecular flexibility index (Phi) is 7.00. The number of thioether (sulfide) groups is 1. The molecule has 4 rings (SSSR count). The number of hydrogen-bond acceptors (Lipinski definition) is 4. The fraction of sp³-hybridized carbons (Fsp3) is 0.125. The van der Waals surface area contributed by atoms with Crippen molar-refractivity contribution in [1.29, 1.82) is 0 Å². The molecule has 0 fully saturated rings. The molecule has 9 heteroatoms. The number of aryl methyl sites for hydroxylation is 1. The lowest BCUT2D eigenvalue weighted by Gasteiger charge is -2.16. The molecular weight excluding hydrogens is 501 g/mol. The van der Waals surface area contributed by atoms with Gasteiger partial charge in [0.2, 0.25) is 5.91 Å². The Bertz CT molecular complexity index is 1450. The Hall–Kier alpha value is -2.51. The summed E-state index contributed by atoms with van der Waals surface area (Å²) >= 11 is 19.3. The topological polar surface area (TPSA) is 64.0 Å². The zero-order valence-corrected chi connectivity index (χ0v) is 20.7. The highest BCUT2D eigenvalue weighted by molar-refractivity contribution is 7.99. The van der Waals surface area contributed by atoms with Crippen LogP contribution < -0.4 is 10.9 Å². The smallest absolute Gasteiger partial charge is 0.266 e. The molecule has 0 aliphatic heterocycles. The van der Waals surface area contributed by atoms with Crippen LogP contribution in [0, 0.1) is 13.8 Å². The zero-order valence-electron chi connectivity index (χ0n) is 17.7. The Morgan fingerprint density at radius 2 is 1.73 bits per heavy atom. The van der Waals surface area contributed by atoms with E-state index in [4.69, 9.17) is 34.8 Å². The summed E-state index contributed by atoms with van der Waals surface area (Å²) in [5.41, 5.74) is 3.48. The van der Waals surface area contributed by atoms with Gasteiger partial charge in [-0.05, 0) is 55.3 Å². The van der Waals surface area contributed by atoms with Gasteiger partial charge in [-0.2, -0.15) is 0 Å². The predicted octanol–water partition coefficient (Wildman–Crippen LogP) is 6.69. The molecule has 168 valence electrons. The van der Waals surface area contributed by atoms with E-state index in [1.54, 1.807) is 22.8 Å². The van der Waals surface area contributed by atoms with Crippen molar-refractivity contribution in [2.45, 2.75) is 19.0 Å². The van der Waals surface area contributed by atoms with Crippen molar-refractivity contribution in [2.75, 3.05) is 11.1 Å². The highest BCUT2D eigenvalue weighted by Gasteiger charge is 2.17. The quantitative estimate of drug-likeness (QED) is 0.181. The van der Waals surface area contributed by atoms with Crippen molar-refractivity contribution in [3.05, 3.63) is 91.1 Å². The molecule has 1 amide bonds. The average Bonchev–Trinajstić information content (AvgIpc) is 2.78. The van der Waals surface area contributed by atoms with E-state index in [-0.39, 0.29) is 27.3 Å². The number of nitrogens with zero attached hydrogens (tertiary/aromatic N) is 2. The van der Waals surface area contributed by atoms with Crippen LogP contribution in [0.5, 0.6) is 0 Å². The molecule has 3 aromatic carbocycles. The van der Waals surface area contributed by atoms with Crippen LogP contribution in [0.3, 0.4) is 0 Å². The molecule has 1 heterocycles. The van der Waals surface area contributed by atoms with Crippen LogP contribution in [0.1, 0.15) is 11.1 Å². The van der Waals surface area contributed by atoms with E-state index in [1.165, 1.54) is 12.1 Å². The van der Waals surface area contributed by atoms with E-state index in [2.05, 4.69) is 10.3 Å². The van der Waals surface area contributed by atoms with Gasteiger partial charge in [-0.3, -0.25) is 14.2 Å². The third-order valence-corrected chi connectivity index (χ3v) is 7.15. The lowest BCUT2D eigenvalue weighted by Crippen LogP contribution is -2.23. The number of fused-ring (bicyclic) bond motifs is 1. The highest BCUT2D eigenvalue weighted by atomic mass is 35.5. The number of carbonyl (C=O) groups is 1. The van der Waals surface area contributed by atoms with Gasteiger partial charge in [0.15, 0.2) is 5.16 Å². The third-order valence-electron chi connectivity index (χ3n) is 5.18. The molecule has 0 aliphatic carbocycles. The number of anilines is 1. The van der Waals surface area contributed by atoms with Gasteiger partial charge in [-0.1, -0.05) is 70.8 Å². The summed E-state index contributed by atoms with van der Waals surface area (Å²) in [6, 6.07) is 15.9. The summed E-state index contributed by atoms with van der Waals surface area (Å²) in [5, 5.41) is 4.51. The standard InChI is InChI=1S/C24H18Cl3N3O2S/c1-13-6-5-9-21(14(13)2)30-23(32)15-7-3-4-8-19(15)29-24(30)33-12-22(31)28-20-11-17(26)16(25)10-18(20)27/h3-11H,12H2,1-2H3,(H,28,31). The molecule has 0 radical (unpaired) electrons. The Balaban J connectivity index is 1.70. The second-order valence-corrected chi connectivity index (χ2v) is 9.52. The Morgan fingerprint density at radius 3 is 2.52 bits per heavy atom. The number of rotatable bonds is 5. The minimum Gasteiger partial charge on any atom is -0.324 e. The number of nitrogens with one attached hydrogen (secondary N) is 1. The van der Waals surface area contributed by atoms with Gasteiger partial charge in [0.05, 0.1) is 43.1 Å². The third kappa shape index (κ3) is 4.89. The van der Waals surface area contributed by atoms with Gasteiger partial charge < -0.3 is 5.32 Å². The Labute approximate surface area is 209 Å². The van der Waals surface area contributed by atoms with E-state index >= 15 is 0 Å². The predicted molar refractivity (Wildman–Crippen MR) is 138 cm³/mol. The summed E-state index contributed by atoms with van der Waals surface area (Å²) in [6.45, 7) is 3.94. The van der Waals surface area contributed by atoms with Gasteiger partial charge in [0.1, 0.15) is 0 Å². The van der Waals surface area contributed by atoms with E-state index in [0.717, 1.165) is 28.6 Å². The molecule has 33 heavy (non-hydrogen) atoms. The molecule has 0 bridgehead atoms. The Morgan fingerprint density at radius 1 is 1.00 bits per heavy atom. The van der Waals surface area contributed by atoms with Crippen LogP contribution >= 0.6 is 46.6 Å². The molecule has 1 N–H and O–H groups in total. The first kappa shape index (κ1) is 23.6. The van der Waals surface area contributed by atoms with Crippen molar-refractivity contribution in [3.63, 3.8) is 0 Å². The number of aromatic nitrogens is 2. The summed E-state index contributed by atoms with van der Waals surface area (Å²) in [7, 11) is 0. The molecular formula is C24H18Cl3N3O2S. The number of benzene rings is 3. The molecule has 0 aliphatic rings. The van der Waals surface area contributed by atoms with Gasteiger partial charge in [0, 0.05) is 0 Å². The maximum absolute atomic E-state index is 13.4. The normalized spacial score (nSPS) is 11.1. The van der Waals surface area contributed by atoms with Crippen LogP contribution in [-0.4, -0.2) is 21.2 Å². The van der Waals surface area contributed by atoms with Crippen molar-refractivity contribution in [1.82, 2.24) is 9.55 Å². The van der Waals surface area contributed by atoms with Crippen LogP contribution in [0.2, 0.25) is 15.1 Å². The molecule has 5 nitrogen and oxygen atoms in total. The lowest BCUT2D eigenvalue weighted by atomic mass is 10.1. The van der Waals surface area contributed by atoms with Crippen molar-refractivity contribution < 1.29 is 4.79 Å². The fourth-order valence-corrected chi connectivity index (χ4v) is 4.73. The minimum absolute atomic E-state index is 0.00617. The van der Waals surface area contributed by atoms with Crippen molar-refractivity contribution >= 4 is 69.1 Å². The summed E-state index contributed by atoms with van der Waals surface area (Å²) < 4.78 is 1.56.